The molecule has 1 heterocycles. The second-order valence-electron chi connectivity index (χ2n) is 5.66. The van der Waals surface area contributed by atoms with Crippen LogP contribution in [0, 0.1) is 0 Å². The first-order chi connectivity index (χ1) is 9.79. The Balaban J connectivity index is 1.95. The molecule has 1 saturated carbocycles. The van der Waals surface area contributed by atoms with E-state index < -0.39 is 5.54 Å². The van der Waals surface area contributed by atoms with Crippen LogP contribution in [-0.4, -0.2) is 32.7 Å². The summed E-state index contributed by atoms with van der Waals surface area (Å²) in [6.45, 7) is 2.94. The van der Waals surface area contributed by atoms with Gasteiger partial charge in [0.2, 0.25) is 5.91 Å². The highest BCUT2D eigenvalue weighted by molar-refractivity contribution is 5.84. The lowest BCUT2D eigenvalue weighted by molar-refractivity contribution is -0.132. The topological polar surface area (TPSA) is 72.7 Å². The molecule has 0 bridgehead atoms. The number of unbranched alkanes of at least 4 members (excludes halogenated alkanes) is 3. The van der Waals surface area contributed by atoms with Gasteiger partial charge in [-0.15, -0.1) is 5.10 Å². The predicted octanol–water partition coefficient (Wildman–Crippen LogP) is 2.03. The summed E-state index contributed by atoms with van der Waals surface area (Å²) in [6.07, 6.45) is 11.2. The summed E-state index contributed by atoms with van der Waals surface area (Å²) in [7, 11) is 0. The van der Waals surface area contributed by atoms with Crippen molar-refractivity contribution in [2.24, 2.45) is 0 Å². The molecule has 6 nitrogen and oxygen atoms in total. The van der Waals surface area contributed by atoms with Gasteiger partial charge in [-0.25, -0.2) is 4.68 Å². The number of amides is 1. The van der Waals surface area contributed by atoms with Crippen molar-refractivity contribution in [3.05, 3.63) is 6.33 Å². The minimum atomic E-state index is -0.563. The van der Waals surface area contributed by atoms with Gasteiger partial charge in [0.05, 0.1) is 0 Å². The van der Waals surface area contributed by atoms with Gasteiger partial charge in [0.15, 0.2) is 0 Å². The number of nitrogens with one attached hydrogen (secondary N) is 1. The Morgan fingerprint density at radius 1 is 1.25 bits per heavy atom. The Morgan fingerprint density at radius 3 is 2.70 bits per heavy atom. The van der Waals surface area contributed by atoms with E-state index in [1.165, 1.54) is 25.7 Å². The second-order valence-corrected chi connectivity index (χ2v) is 5.66. The molecule has 0 radical (unpaired) electrons. The zero-order valence-corrected chi connectivity index (χ0v) is 12.3. The predicted molar refractivity (Wildman–Crippen MR) is 76.0 cm³/mol. The minimum Gasteiger partial charge on any atom is -0.354 e. The Hall–Kier alpha value is -1.46. The van der Waals surface area contributed by atoms with Crippen LogP contribution in [0.5, 0.6) is 0 Å². The number of carbonyl (C=O) groups excluding carboxylic acids is 1. The van der Waals surface area contributed by atoms with Gasteiger partial charge in [0, 0.05) is 6.54 Å². The smallest absolute Gasteiger partial charge is 0.248 e. The summed E-state index contributed by atoms with van der Waals surface area (Å²) in [6, 6.07) is 0. The molecule has 1 aromatic rings. The lowest BCUT2D eigenvalue weighted by Gasteiger charge is -2.35. The van der Waals surface area contributed by atoms with Crippen LogP contribution in [0.1, 0.15) is 64.7 Å². The molecule has 0 spiro atoms. The molecule has 1 aliphatic carbocycles. The van der Waals surface area contributed by atoms with E-state index in [1.807, 2.05) is 0 Å². The van der Waals surface area contributed by atoms with Crippen LogP contribution in [0.15, 0.2) is 6.33 Å². The number of hydrogen-bond donors (Lipinski definition) is 1. The Morgan fingerprint density at radius 2 is 2.05 bits per heavy atom. The summed E-state index contributed by atoms with van der Waals surface area (Å²) in [5, 5.41) is 14.5. The van der Waals surface area contributed by atoms with Gasteiger partial charge >= 0.3 is 0 Å². The van der Waals surface area contributed by atoms with E-state index in [0.717, 1.165) is 38.6 Å². The average Bonchev–Trinajstić information content (AvgIpc) is 3.02. The number of tetrazole rings is 1. The van der Waals surface area contributed by atoms with Crippen molar-refractivity contribution in [3.8, 4) is 0 Å². The molecule has 1 aromatic heterocycles. The highest BCUT2D eigenvalue weighted by atomic mass is 16.2. The van der Waals surface area contributed by atoms with Crippen molar-refractivity contribution >= 4 is 5.91 Å². The molecule has 1 aliphatic rings. The van der Waals surface area contributed by atoms with E-state index in [0.29, 0.717) is 0 Å². The van der Waals surface area contributed by atoms with Gasteiger partial charge in [-0.2, -0.15) is 0 Å². The zero-order valence-electron chi connectivity index (χ0n) is 12.3. The fraction of sp³-hybridized carbons (Fsp3) is 0.857. The maximum atomic E-state index is 12.6. The second kappa shape index (κ2) is 7.36. The maximum absolute atomic E-state index is 12.6. The third kappa shape index (κ3) is 3.35. The van der Waals surface area contributed by atoms with Crippen LogP contribution >= 0.6 is 0 Å². The third-order valence-corrected chi connectivity index (χ3v) is 4.21. The molecule has 0 unspecified atom stereocenters. The number of aromatic nitrogens is 4. The number of rotatable bonds is 7. The molecule has 0 aliphatic heterocycles. The largest absolute Gasteiger partial charge is 0.354 e. The van der Waals surface area contributed by atoms with Crippen molar-refractivity contribution in [2.45, 2.75) is 70.3 Å². The Bertz CT molecular complexity index is 398. The van der Waals surface area contributed by atoms with E-state index in [1.54, 1.807) is 11.0 Å². The van der Waals surface area contributed by atoms with E-state index in [4.69, 9.17) is 0 Å². The average molecular weight is 279 g/mol. The summed E-state index contributed by atoms with van der Waals surface area (Å²) in [5.74, 6) is 0.0843. The van der Waals surface area contributed by atoms with Crippen LogP contribution < -0.4 is 5.32 Å². The third-order valence-electron chi connectivity index (χ3n) is 4.21. The summed E-state index contributed by atoms with van der Waals surface area (Å²) < 4.78 is 1.66. The van der Waals surface area contributed by atoms with Crippen LogP contribution in [0.25, 0.3) is 0 Å². The molecule has 20 heavy (non-hydrogen) atoms. The molecule has 1 N–H and O–H groups in total. The zero-order chi connectivity index (χ0) is 14.3. The molecular weight excluding hydrogens is 254 g/mol. The summed E-state index contributed by atoms with van der Waals surface area (Å²) >= 11 is 0. The molecule has 112 valence electrons. The normalized spacial score (nSPS) is 17.9. The first kappa shape index (κ1) is 14.9. The number of nitrogens with zero attached hydrogens (tertiary/aromatic N) is 4. The standard InChI is InChI=1S/C14H25N5O/c1-2-3-4-8-11-15-13(20)14(9-6-5-7-10-14)19-12-16-17-18-19/h12H,2-11H2,1H3,(H,15,20). The van der Waals surface area contributed by atoms with Gasteiger partial charge in [-0.3, -0.25) is 4.79 Å². The van der Waals surface area contributed by atoms with E-state index in [9.17, 15) is 4.79 Å². The van der Waals surface area contributed by atoms with Crippen LogP contribution in [-0.2, 0) is 10.3 Å². The maximum Gasteiger partial charge on any atom is 0.248 e. The minimum absolute atomic E-state index is 0.0843. The van der Waals surface area contributed by atoms with Crippen LogP contribution in [0.3, 0.4) is 0 Å². The van der Waals surface area contributed by atoms with Gasteiger partial charge in [-0.1, -0.05) is 45.4 Å². The lowest BCUT2D eigenvalue weighted by Crippen LogP contribution is -2.50. The first-order valence-corrected chi connectivity index (χ1v) is 7.81. The van der Waals surface area contributed by atoms with Crippen molar-refractivity contribution in [1.29, 1.82) is 0 Å². The highest BCUT2D eigenvalue weighted by Crippen LogP contribution is 2.34. The fourth-order valence-corrected chi connectivity index (χ4v) is 2.97. The van der Waals surface area contributed by atoms with Gasteiger partial charge in [0.1, 0.15) is 11.9 Å². The summed E-state index contributed by atoms with van der Waals surface area (Å²) in [5.41, 5.74) is -0.563. The van der Waals surface area contributed by atoms with Crippen molar-refractivity contribution in [3.63, 3.8) is 0 Å². The summed E-state index contributed by atoms with van der Waals surface area (Å²) in [4.78, 5) is 12.6. The number of hydrogen-bond acceptors (Lipinski definition) is 4. The lowest BCUT2D eigenvalue weighted by atomic mass is 9.81. The quantitative estimate of drug-likeness (QED) is 0.775. The van der Waals surface area contributed by atoms with Crippen molar-refractivity contribution in [2.75, 3.05) is 6.54 Å². The molecule has 2 rings (SSSR count). The Labute approximate surface area is 120 Å². The molecule has 0 saturated heterocycles. The highest BCUT2D eigenvalue weighted by Gasteiger charge is 2.42. The van der Waals surface area contributed by atoms with Gasteiger partial charge in [-0.05, 0) is 29.7 Å². The molecule has 0 atom stereocenters. The first-order valence-electron chi connectivity index (χ1n) is 7.81. The molecular formula is C14H25N5O. The van der Waals surface area contributed by atoms with Crippen LogP contribution in [0.2, 0.25) is 0 Å². The van der Waals surface area contributed by atoms with E-state index in [2.05, 4.69) is 27.8 Å². The molecule has 6 heteroatoms. The number of carbonyl (C=O) groups is 1. The molecule has 0 aromatic carbocycles. The monoisotopic (exact) mass is 279 g/mol. The molecule has 1 fully saturated rings. The van der Waals surface area contributed by atoms with E-state index in [-0.39, 0.29) is 5.91 Å². The van der Waals surface area contributed by atoms with Gasteiger partial charge < -0.3 is 5.32 Å². The van der Waals surface area contributed by atoms with Crippen molar-refractivity contribution < 1.29 is 4.79 Å². The van der Waals surface area contributed by atoms with Gasteiger partial charge in [0.25, 0.3) is 0 Å². The molecule has 1 amide bonds. The SMILES string of the molecule is CCCCCCNC(=O)C1(n2cnnn2)CCCCC1. The Kier molecular flexibility index (Phi) is 5.49. The fourth-order valence-electron chi connectivity index (χ4n) is 2.97. The van der Waals surface area contributed by atoms with E-state index >= 15 is 0 Å². The van der Waals surface area contributed by atoms with Crippen molar-refractivity contribution in [1.82, 2.24) is 25.5 Å². The van der Waals surface area contributed by atoms with Crippen LogP contribution in [0.4, 0.5) is 0 Å².